The molecule has 0 unspecified atom stereocenters. The van der Waals surface area contributed by atoms with Crippen LogP contribution in [0.1, 0.15) is 42.9 Å². The van der Waals surface area contributed by atoms with Gasteiger partial charge in [0.2, 0.25) is 5.95 Å². The van der Waals surface area contributed by atoms with Crippen LogP contribution in [0.15, 0.2) is 48.8 Å². The number of hydrogen-bond donors (Lipinski definition) is 1. The summed E-state index contributed by atoms with van der Waals surface area (Å²) in [5, 5.41) is 8.22. The molecule has 1 fully saturated rings. The Bertz CT molecular complexity index is 882. The molecule has 1 aliphatic carbocycles. The minimum atomic E-state index is -0.284. The molecule has 3 aromatic rings. The summed E-state index contributed by atoms with van der Waals surface area (Å²) in [5.74, 6) is 0.297. The highest BCUT2D eigenvalue weighted by atomic mass is 35.5. The number of aromatic nitrogens is 3. The molecule has 0 amide bonds. The molecule has 0 atom stereocenters. The van der Waals surface area contributed by atoms with Gasteiger partial charge in [-0.3, -0.25) is 0 Å². The Morgan fingerprint density at radius 3 is 2.77 bits per heavy atom. The van der Waals surface area contributed by atoms with Gasteiger partial charge < -0.3 is 5.32 Å². The standard InChI is InChI=1S/C20H20ClFN4/c21-18-9-4-10-19(22)17(18)12-14-5-3-6-15(11-14)24-20-23-13-26(25-20)16-7-1-2-8-16/h3-6,9-11,13,16H,1-2,7-8,12H2,(H,24,25). The first-order valence-electron chi connectivity index (χ1n) is 8.89. The zero-order chi connectivity index (χ0) is 17.9. The molecule has 1 saturated carbocycles. The highest BCUT2D eigenvalue weighted by Gasteiger charge is 2.18. The summed E-state index contributed by atoms with van der Waals surface area (Å²) >= 11 is 6.14. The van der Waals surface area contributed by atoms with Crippen LogP contribution in [0.25, 0.3) is 0 Å². The number of benzene rings is 2. The van der Waals surface area contributed by atoms with E-state index >= 15 is 0 Å². The molecule has 0 radical (unpaired) electrons. The number of anilines is 2. The molecule has 1 heterocycles. The van der Waals surface area contributed by atoms with Crippen molar-refractivity contribution in [3.63, 3.8) is 0 Å². The zero-order valence-electron chi connectivity index (χ0n) is 14.3. The molecule has 4 rings (SSSR count). The van der Waals surface area contributed by atoms with Crippen LogP contribution in [0.3, 0.4) is 0 Å². The zero-order valence-corrected chi connectivity index (χ0v) is 15.1. The van der Waals surface area contributed by atoms with Crippen LogP contribution in [0, 0.1) is 5.82 Å². The summed E-state index contributed by atoms with van der Waals surface area (Å²) < 4.78 is 16.0. The third kappa shape index (κ3) is 3.73. The number of rotatable bonds is 5. The first kappa shape index (κ1) is 17.0. The molecular weight excluding hydrogens is 351 g/mol. The van der Waals surface area contributed by atoms with Crippen molar-refractivity contribution in [2.45, 2.75) is 38.1 Å². The molecule has 6 heteroatoms. The third-order valence-electron chi connectivity index (χ3n) is 4.83. The minimum absolute atomic E-state index is 0.284. The maximum atomic E-state index is 14.0. The first-order chi connectivity index (χ1) is 12.7. The first-order valence-corrected chi connectivity index (χ1v) is 9.27. The van der Waals surface area contributed by atoms with Crippen LogP contribution in [0.2, 0.25) is 5.02 Å². The lowest BCUT2D eigenvalue weighted by molar-refractivity contribution is 0.467. The number of halogens is 2. The van der Waals surface area contributed by atoms with Gasteiger partial charge in [0.1, 0.15) is 12.1 Å². The predicted molar refractivity (Wildman–Crippen MR) is 101 cm³/mol. The highest BCUT2D eigenvalue weighted by molar-refractivity contribution is 6.31. The Hall–Kier alpha value is -2.40. The van der Waals surface area contributed by atoms with Crippen molar-refractivity contribution in [1.29, 1.82) is 0 Å². The fourth-order valence-electron chi connectivity index (χ4n) is 3.47. The molecule has 0 spiro atoms. The molecular formula is C20H20ClFN4. The Balaban J connectivity index is 1.49. The number of nitrogens with zero attached hydrogens (tertiary/aromatic N) is 3. The van der Waals surface area contributed by atoms with Crippen molar-refractivity contribution in [3.05, 3.63) is 70.8 Å². The number of nitrogens with one attached hydrogen (secondary N) is 1. The van der Waals surface area contributed by atoms with Crippen molar-refractivity contribution in [2.75, 3.05) is 5.32 Å². The molecule has 4 nitrogen and oxygen atoms in total. The molecule has 1 aliphatic rings. The normalized spacial score (nSPS) is 14.7. The van der Waals surface area contributed by atoms with Gasteiger partial charge in [-0.05, 0) is 42.7 Å². The van der Waals surface area contributed by atoms with Gasteiger partial charge in [0.25, 0.3) is 0 Å². The fourth-order valence-corrected chi connectivity index (χ4v) is 3.70. The summed E-state index contributed by atoms with van der Waals surface area (Å²) in [6.45, 7) is 0. The van der Waals surface area contributed by atoms with E-state index in [1.54, 1.807) is 18.5 Å². The monoisotopic (exact) mass is 370 g/mol. The van der Waals surface area contributed by atoms with Crippen LogP contribution in [-0.4, -0.2) is 14.8 Å². The smallest absolute Gasteiger partial charge is 0.246 e. The van der Waals surface area contributed by atoms with Crippen LogP contribution in [-0.2, 0) is 6.42 Å². The van der Waals surface area contributed by atoms with E-state index in [-0.39, 0.29) is 5.82 Å². The van der Waals surface area contributed by atoms with Crippen molar-refractivity contribution in [1.82, 2.24) is 14.8 Å². The van der Waals surface area contributed by atoms with Gasteiger partial charge in [0, 0.05) is 22.7 Å². The van der Waals surface area contributed by atoms with Crippen molar-refractivity contribution in [2.24, 2.45) is 0 Å². The van der Waals surface area contributed by atoms with Crippen molar-refractivity contribution >= 4 is 23.2 Å². The number of hydrogen-bond acceptors (Lipinski definition) is 3. The molecule has 2 aromatic carbocycles. The van der Waals surface area contributed by atoms with Crippen LogP contribution in [0.4, 0.5) is 16.0 Å². The minimum Gasteiger partial charge on any atom is -0.323 e. The second-order valence-corrected chi connectivity index (χ2v) is 7.10. The summed E-state index contributed by atoms with van der Waals surface area (Å²) in [6.07, 6.45) is 7.08. The van der Waals surface area contributed by atoms with E-state index in [0.29, 0.717) is 29.0 Å². The predicted octanol–water partition coefficient (Wildman–Crippen LogP) is 5.52. The van der Waals surface area contributed by atoms with Gasteiger partial charge in [0.05, 0.1) is 6.04 Å². The second-order valence-electron chi connectivity index (χ2n) is 6.69. The maximum absolute atomic E-state index is 14.0. The summed E-state index contributed by atoms with van der Waals surface area (Å²) in [7, 11) is 0. The lowest BCUT2D eigenvalue weighted by Crippen LogP contribution is -2.05. The lowest BCUT2D eigenvalue weighted by atomic mass is 10.0. The Labute approximate surface area is 157 Å². The van der Waals surface area contributed by atoms with E-state index in [4.69, 9.17) is 11.6 Å². The molecule has 0 saturated heterocycles. The van der Waals surface area contributed by atoms with Crippen molar-refractivity contribution in [3.8, 4) is 0 Å². The molecule has 134 valence electrons. The van der Waals surface area contributed by atoms with Gasteiger partial charge >= 0.3 is 0 Å². The molecule has 0 aliphatic heterocycles. The van der Waals surface area contributed by atoms with Gasteiger partial charge in [-0.15, -0.1) is 5.10 Å². The van der Waals surface area contributed by atoms with E-state index in [0.717, 1.165) is 11.3 Å². The third-order valence-corrected chi connectivity index (χ3v) is 5.19. The van der Waals surface area contributed by atoms with Gasteiger partial charge in [0.15, 0.2) is 0 Å². The van der Waals surface area contributed by atoms with Crippen molar-refractivity contribution < 1.29 is 4.39 Å². The molecule has 26 heavy (non-hydrogen) atoms. The quantitative estimate of drug-likeness (QED) is 0.643. The van der Waals surface area contributed by atoms with E-state index in [9.17, 15) is 4.39 Å². The van der Waals surface area contributed by atoms with Gasteiger partial charge in [-0.2, -0.15) is 0 Å². The van der Waals surface area contributed by atoms with E-state index < -0.39 is 0 Å². The SMILES string of the molecule is Fc1cccc(Cl)c1Cc1cccc(Nc2ncn(C3CCCC3)n2)c1. The lowest BCUT2D eigenvalue weighted by Gasteiger charge is -2.09. The fraction of sp³-hybridized carbons (Fsp3) is 0.300. The van der Waals surface area contributed by atoms with E-state index in [2.05, 4.69) is 15.4 Å². The highest BCUT2D eigenvalue weighted by Crippen LogP contribution is 2.29. The van der Waals surface area contributed by atoms with Crippen LogP contribution >= 0.6 is 11.6 Å². The van der Waals surface area contributed by atoms with E-state index in [1.807, 2.05) is 28.9 Å². The molecule has 0 bridgehead atoms. The van der Waals surface area contributed by atoms with Crippen LogP contribution in [0.5, 0.6) is 0 Å². The average molecular weight is 371 g/mol. The largest absolute Gasteiger partial charge is 0.323 e. The van der Waals surface area contributed by atoms with Gasteiger partial charge in [-0.25, -0.2) is 14.1 Å². The Morgan fingerprint density at radius 1 is 1.15 bits per heavy atom. The summed E-state index contributed by atoms with van der Waals surface area (Å²) in [5.41, 5.74) is 2.35. The van der Waals surface area contributed by atoms with Crippen LogP contribution < -0.4 is 5.32 Å². The maximum Gasteiger partial charge on any atom is 0.246 e. The molecule has 1 N–H and O–H groups in total. The molecule has 1 aromatic heterocycles. The average Bonchev–Trinajstić information content (AvgIpc) is 3.30. The Kier molecular flexibility index (Phi) is 4.89. The second kappa shape index (κ2) is 7.46. The van der Waals surface area contributed by atoms with Gasteiger partial charge in [-0.1, -0.05) is 42.6 Å². The summed E-state index contributed by atoms with van der Waals surface area (Å²) in [6, 6.07) is 13.0. The van der Waals surface area contributed by atoms with E-state index in [1.165, 1.54) is 31.7 Å². The topological polar surface area (TPSA) is 42.7 Å². The summed E-state index contributed by atoms with van der Waals surface area (Å²) in [4.78, 5) is 4.36. The Morgan fingerprint density at radius 2 is 1.96 bits per heavy atom.